The number of anilines is 2. The van der Waals surface area contributed by atoms with Crippen molar-refractivity contribution >= 4 is 50.9 Å². The molecule has 1 aliphatic rings. The van der Waals surface area contributed by atoms with Crippen LogP contribution in [0.15, 0.2) is 75.4 Å². The van der Waals surface area contributed by atoms with E-state index in [-0.39, 0.29) is 17.3 Å². The van der Waals surface area contributed by atoms with Crippen LogP contribution in [0.3, 0.4) is 0 Å². The highest BCUT2D eigenvalue weighted by Crippen LogP contribution is 2.40. The molecule has 1 amide bonds. The number of fused-ring (bicyclic) bond motifs is 1. The Morgan fingerprint density at radius 3 is 2.44 bits per heavy atom. The molecule has 0 atom stereocenters. The predicted octanol–water partition coefficient (Wildman–Crippen LogP) is 4.61. The second kappa shape index (κ2) is 10.5. The molecule has 1 aliphatic heterocycles. The van der Waals surface area contributed by atoms with Gasteiger partial charge in [-0.15, -0.1) is 0 Å². The zero-order chi connectivity index (χ0) is 25.9. The summed E-state index contributed by atoms with van der Waals surface area (Å²) in [5, 5.41) is 5.63. The summed E-state index contributed by atoms with van der Waals surface area (Å²) in [6.07, 6.45) is 1.64. The number of rotatable bonds is 7. The van der Waals surface area contributed by atoms with Crippen molar-refractivity contribution in [3.8, 4) is 0 Å². The van der Waals surface area contributed by atoms with E-state index in [1.54, 1.807) is 30.3 Å². The van der Waals surface area contributed by atoms with Crippen LogP contribution in [0.25, 0.3) is 6.08 Å². The number of carbonyl (C=O) groups is 2. The number of thioether (sulfide) groups is 1. The number of sulfone groups is 1. The summed E-state index contributed by atoms with van der Waals surface area (Å²) in [6, 6.07) is 14.3. The van der Waals surface area contributed by atoms with Gasteiger partial charge in [-0.05, 0) is 54.1 Å². The number of esters is 1. The van der Waals surface area contributed by atoms with Crippen molar-refractivity contribution in [1.82, 2.24) is 0 Å². The van der Waals surface area contributed by atoms with Crippen molar-refractivity contribution in [2.45, 2.75) is 15.5 Å². The number of hydrogen-bond donors (Lipinski definition) is 2. The van der Waals surface area contributed by atoms with Crippen LogP contribution >= 0.6 is 11.8 Å². The molecule has 186 valence electrons. The van der Waals surface area contributed by atoms with Crippen LogP contribution < -0.4 is 10.6 Å². The van der Waals surface area contributed by atoms with Crippen LogP contribution in [0.2, 0.25) is 0 Å². The van der Waals surface area contributed by atoms with Crippen molar-refractivity contribution in [3.05, 3.63) is 88.3 Å². The molecule has 4 rings (SSSR count). The van der Waals surface area contributed by atoms with Gasteiger partial charge in [-0.25, -0.2) is 17.2 Å². The van der Waals surface area contributed by atoms with Crippen molar-refractivity contribution in [3.63, 3.8) is 0 Å². The standard InChI is InChI=1S/C25H20F2N2O5S2/c1-34-24(30)13-28-16-7-5-15(6-8-16)11-23-25(31)29-21-10-9-17(12-22(21)35-23)36(32,33)14-18-19(26)3-2-4-20(18)27/h2-12,28H,13-14H2,1H3,(H,29,31)/b23-11-. The fourth-order valence-electron chi connectivity index (χ4n) is 3.37. The average molecular weight is 531 g/mol. The van der Waals surface area contributed by atoms with E-state index >= 15 is 0 Å². The Hall–Kier alpha value is -3.70. The Bertz CT molecular complexity index is 1450. The molecule has 0 radical (unpaired) electrons. The van der Waals surface area contributed by atoms with Gasteiger partial charge >= 0.3 is 5.97 Å². The van der Waals surface area contributed by atoms with Gasteiger partial charge in [0.05, 0.1) is 28.4 Å². The molecule has 0 aromatic heterocycles. The number of hydrogen-bond acceptors (Lipinski definition) is 7. The third kappa shape index (κ3) is 5.74. The first-order chi connectivity index (χ1) is 17.2. The highest BCUT2D eigenvalue weighted by molar-refractivity contribution is 8.04. The van der Waals surface area contributed by atoms with E-state index in [4.69, 9.17) is 0 Å². The molecule has 3 aromatic rings. The van der Waals surface area contributed by atoms with Crippen LogP contribution in [0, 0.1) is 11.6 Å². The maximum Gasteiger partial charge on any atom is 0.325 e. The molecule has 0 spiro atoms. The quantitative estimate of drug-likeness (QED) is 0.340. The fraction of sp³-hybridized carbons (Fsp3) is 0.120. The number of benzene rings is 3. The predicted molar refractivity (Wildman–Crippen MR) is 133 cm³/mol. The molecule has 3 aromatic carbocycles. The Kier molecular flexibility index (Phi) is 7.41. The van der Waals surface area contributed by atoms with E-state index in [1.807, 2.05) is 0 Å². The second-order valence-electron chi connectivity index (χ2n) is 7.73. The second-order valence-corrected chi connectivity index (χ2v) is 10.8. The SMILES string of the molecule is COC(=O)CNc1ccc(/C=C2\Sc3cc(S(=O)(=O)Cc4c(F)cccc4F)ccc3NC2=O)cc1. The van der Waals surface area contributed by atoms with Crippen molar-refractivity contribution < 1.29 is 31.5 Å². The lowest BCUT2D eigenvalue weighted by Gasteiger charge is -2.19. The minimum absolute atomic E-state index is 0.0147. The van der Waals surface area contributed by atoms with E-state index in [9.17, 15) is 26.8 Å². The third-order valence-corrected chi connectivity index (χ3v) is 7.99. The summed E-state index contributed by atoms with van der Waals surface area (Å²) in [4.78, 5) is 24.5. The van der Waals surface area contributed by atoms with E-state index in [2.05, 4.69) is 15.4 Å². The van der Waals surface area contributed by atoms with Gasteiger partial charge in [-0.2, -0.15) is 0 Å². The van der Waals surface area contributed by atoms with E-state index in [0.29, 0.717) is 26.7 Å². The molecule has 36 heavy (non-hydrogen) atoms. The lowest BCUT2D eigenvalue weighted by Crippen LogP contribution is -2.18. The molecule has 0 saturated carbocycles. The van der Waals surface area contributed by atoms with Gasteiger partial charge in [-0.1, -0.05) is 30.0 Å². The van der Waals surface area contributed by atoms with Gasteiger partial charge in [0, 0.05) is 16.1 Å². The molecule has 1 heterocycles. The van der Waals surface area contributed by atoms with Crippen LogP contribution in [0.4, 0.5) is 20.2 Å². The van der Waals surface area contributed by atoms with E-state index < -0.39 is 38.8 Å². The number of ether oxygens (including phenoxy) is 1. The Labute approximate surface area is 210 Å². The average Bonchev–Trinajstić information content (AvgIpc) is 2.86. The van der Waals surface area contributed by atoms with E-state index in [0.717, 1.165) is 23.9 Å². The monoisotopic (exact) mass is 530 g/mol. The molecule has 0 unspecified atom stereocenters. The number of methoxy groups -OCH3 is 1. The smallest absolute Gasteiger partial charge is 0.325 e. The topological polar surface area (TPSA) is 102 Å². The summed E-state index contributed by atoms with van der Waals surface area (Å²) < 4.78 is 58.4. The summed E-state index contributed by atoms with van der Waals surface area (Å²) in [5.41, 5.74) is 1.30. The Morgan fingerprint density at radius 2 is 1.78 bits per heavy atom. The van der Waals surface area contributed by atoms with Gasteiger partial charge in [-0.3, -0.25) is 9.59 Å². The summed E-state index contributed by atoms with van der Waals surface area (Å²) in [5.74, 6) is -3.47. The zero-order valence-electron chi connectivity index (χ0n) is 18.9. The zero-order valence-corrected chi connectivity index (χ0v) is 20.5. The molecular formula is C25H20F2N2O5S2. The van der Waals surface area contributed by atoms with Crippen LogP contribution in [-0.2, 0) is 29.9 Å². The van der Waals surface area contributed by atoms with Gasteiger partial charge in [0.1, 0.15) is 18.2 Å². The Balaban J connectivity index is 1.55. The van der Waals surface area contributed by atoms with Gasteiger partial charge < -0.3 is 15.4 Å². The van der Waals surface area contributed by atoms with Crippen molar-refractivity contribution in [2.75, 3.05) is 24.3 Å². The number of carbonyl (C=O) groups excluding carboxylic acids is 2. The molecule has 2 N–H and O–H groups in total. The summed E-state index contributed by atoms with van der Waals surface area (Å²) in [6.45, 7) is 0.0147. The molecule has 0 bridgehead atoms. The minimum Gasteiger partial charge on any atom is -0.468 e. The normalized spacial score (nSPS) is 14.2. The maximum absolute atomic E-state index is 14.0. The highest BCUT2D eigenvalue weighted by Gasteiger charge is 2.25. The largest absolute Gasteiger partial charge is 0.468 e. The lowest BCUT2D eigenvalue weighted by molar-refractivity contribution is -0.138. The first kappa shape index (κ1) is 25.4. The van der Waals surface area contributed by atoms with Crippen LogP contribution in [0.1, 0.15) is 11.1 Å². The molecule has 7 nitrogen and oxygen atoms in total. The van der Waals surface area contributed by atoms with Crippen molar-refractivity contribution in [1.29, 1.82) is 0 Å². The summed E-state index contributed by atoms with van der Waals surface area (Å²) >= 11 is 1.08. The van der Waals surface area contributed by atoms with Gasteiger partial charge in [0.2, 0.25) is 0 Å². The summed E-state index contributed by atoms with van der Waals surface area (Å²) in [7, 11) is -2.77. The van der Waals surface area contributed by atoms with Gasteiger partial charge in [0.15, 0.2) is 9.84 Å². The molecular weight excluding hydrogens is 510 g/mol. The molecule has 0 saturated heterocycles. The molecule has 0 aliphatic carbocycles. The Morgan fingerprint density at radius 1 is 1.08 bits per heavy atom. The third-order valence-electron chi connectivity index (χ3n) is 5.27. The van der Waals surface area contributed by atoms with Crippen molar-refractivity contribution in [2.24, 2.45) is 0 Å². The van der Waals surface area contributed by atoms with E-state index in [1.165, 1.54) is 31.4 Å². The number of amides is 1. The first-order valence-corrected chi connectivity index (χ1v) is 13.0. The van der Waals surface area contributed by atoms with Crippen LogP contribution in [-0.4, -0.2) is 33.9 Å². The molecule has 11 heteroatoms. The minimum atomic E-state index is -4.07. The number of halogens is 2. The lowest BCUT2D eigenvalue weighted by atomic mass is 10.2. The fourth-order valence-corrected chi connectivity index (χ4v) is 5.83. The van der Waals surface area contributed by atoms with Gasteiger partial charge in [0.25, 0.3) is 5.91 Å². The molecule has 0 fully saturated rings. The first-order valence-electron chi connectivity index (χ1n) is 10.6. The highest BCUT2D eigenvalue weighted by atomic mass is 32.2. The maximum atomic E-state index is 14.0. The number of nitrogens with one attached hydrogen (secondary N) is 2. The van der Waals surface area contributed by atoms with Crippen LogP contribution in [0.5, 0.6) is 0 Å².